The summed E-state index contributed by atoms with van der Waals surface area (Å²) in [7, 11) is -3.63. The lowest BCUT2D eigenvalue weighted by atomic mass is 9.96. The van der Waals surface area contributed by atoms with Gasteiger partial charge in [-0.25, -0.2) is 13.1 Å². The zero-order valence-electron chi connectivity index (χ0n) is 17.1. The van der Waals surface area contributed by atoms with Crippen LogP contribution in [0.15, 0.2) is 35.4 Å². The highest BCUT2D eigenvalue weighted by Crippen LogP contribution is 2.31. The van der Waals surface area contributed by atoms with Gasteiger partial charge in [0.25, 0.3) is 0 Å². The van der Waals surface area contributed by atoms with Gasteiger partial charge in [-0.1, -0.05) is 30.9 Å². The molecule has 2 N–H and O–H groups in total. The highest BCUT2D eigenvalue weighted by Gasteiger charge is 2.27. The second-order valence-corrected chi connectivity index (χ2v) is 10.4. The second kappa shape index (κ2) is 9.83. The summed E-state index contributed by atoms with van der Waals surface area (Å²) in [6.07, 6.45) is 7.62. The molecule has 2 heterocycles. The zero-order valence-corrected chi connectivity index (χ0v) is 19.5. The number of nitrogens with one attached hydrogen (secondary N) is 2. The molecule has 0 bridgehead atoms. The first-order valence-electron chi connectivity index (χ1n) is 10.4. The minimum Gasteiger partial charge on any atom is -0.379 e. The van der Waals surface area contributed by atoms with E-state index in [9.17, 15) is 8.42 Å². The molecular formula is C20H26ClN5O3S2. The monoisotopic (exact) mass is 483 g/mol. The topological polar surface area (TPSA) is 88.5 Å². The molecule has 4 rings (SSSR count). The number of ether oxygens (including phenoxy) is 1. The molecule has 8 nitrogen and oxygen atoms in total. The van der Waals surface area contributed by atoms with Crippen molar-refractivity contribution in [2.45, 2.75) is 43.0 Å². The molecule has 1 saturated heterocycles. The Hall–Kier alpha value is -1.72. The number of rotatable bonds is 5. The molecule has 0 atom stereocenters. The van der Waals surface area contributed by atoms with E-state index in [0.29, 0.717) is 48.2 Å². The minimum atomic E-state index is -3.63. The van der Waals surface area contributed by atoms with Crippen LogP contribution in [0.25, 0.3) is 0 Å². The SMILES string of the molecule is O=S(=O)(c1ccc(Cl)c(NC(=S)Nc2ccnn2C2CCCCC2)c1)N1CCOCC1. The van der Waals surface area contributed by atoms with Crippen LogP contribution < -0.4 is 10.6 Å². The van der Waals surface area contributed by atoms with Crippen molar-refractivity contribution in [3.05, 3.63) is 35.5 Å². The summed E-state index contributed by atoms with van der Waals surface area (Å²) in [5.74, 6) is 0.803. The first kappa shape index (κ1) is 22.5. The Labute approximate surface area is 192 Å². The predicted molar refractivity (Wildman–Crippen MR) is 125 cm³/mol. The number of aromatic nitrogens is 2. The number of anilines is 2. The van der Waals surface area contributed by atoms with Crippen LogP contribution in [0.3, 0.4) is 0 Å². The summed E-state index contributed by atoms with van der Waals surface area (Å²) in [5.41, 5.74) is 0.428. The molecule has 1 saturated carbocycles. The molecule has 2 aliphatic rings. The van der Waals surface area contributed by atoms with Gasteiger partial charge in [-0.15, -0.1) is 0 Å². The molecule has 168 valence electrons. The van der Waals surface area contributed by atoms with Gasteiger partial charge in [0.1, 0.15) is 5.82 Å². The van der Waals surface area contributed by atoms with E-state index in [4.69, 9.17) is 28.6 Å². The van der Waals surface area contributed by atoms with Crippen LogP contribution >= 0.6 is 23.8 Å². The van der Waals surface area contributed by atoms with Gasteiger partial charge in [0.15, 0.2) is 5.11 Å². The lowest BCUT2D eigenvalue weighted by Crippen LogP contribution is -2.40. The largest absolute Gasteiger partial charge is 0.379 e. The van der Waals surface area contributed by atoms with Gasteiger partial charge in [0.2, 0.25) is 10.0 Å². The number of benzene rings is 1. The number of hydrogen-bond acceptors (Lipinski definition) is 5. The zero-order chi connectivity index (χ0) is 21.8. The van der Waals surface area contributed by atoms with Crippen LogP contribution in [-0.4, -0.2) is 53.9 Å². The fourth-order valence-corrected chi connectivity index (χ4v) is 5.81. The predicted octanol–water partition coefficient (Wildman–Crippen LogP) is 3.87. The summed E-state index contributed by atoms with van der Waals surface area (Å²) >= 11 is 11.8. The van der Waals surface area contributed by atoms with Crippen LogP contribution in [0, 0.1) is 0 Å². The van der Waals surface area contributed by atoms with Crippen molar-refractivity contribution in [1.82, 2.24) is 14.1 Å². The van der Waals surface area contributed by atoms with Crippen molar-refractivity contribution >= 4 is 50.5 Å². The molecular weight excluding hydrogens is 458 g/mol. The lowest BCUT2D eigenvalue weighted by molar-refractivity contribution is 0.0730. The number of hydrogen-bond donors (Lipinski definition) is 2. The highest BCUT2D eigenvalue weighted by atomic mass is 35.5. The molecule has 0 amide bonds. The van der Waals surface area contributed by atoms with Crippen molar-refractivity contribution in [2.75, 3.05) is 36.9 Å². The van der Waals surface area contributed by atoms with Crippen molar-refractivity contribution in [3.63, 3.8) is 0 Å². The van der Waals surface area contributed by atoms with Crippen LogP contribution in [0.5, 0.6) is 0 Å². The number of halogens is 1. The Morgan fingerprint density at radius 3 is 2.61 bits per heavy atom. The third-order valence-electron chi connectivity index (χ3n) is 5.63. The lowest BCUT2D eigenvalue weighted by Gasteiger charge is -2.26. The number of thiocarbonyl (C=S) groups is 1. The van der Waals surface area contributed by atoms with Crippen molar-refractivity contribution in [2.24, 2.45) is 0 Å². The van der Waals surface area contributed by atoms with Gasteiger partial charge >= 0.3 is 0 Å². The second-order valence-electron chi connectivity index (χ2n) is 7.69. The number of nitrogens with zero attached hydrogens (tertiary/aromatic N) is 3. The molecule has 1 aliphatic carbocycles. The average Bonchev–Trinajstić information content (AvgIpc) is 3.24. The van der Waals surface area contributed by atoms with Gasteiger partial charge in [-0.3, -0.25) is 0 Å². The maximum Gasteiger partial charge on any atom is 0.243 e. The summed E-state index contributed by atoms with van der Waals surface area (Å²) in [6.45, 7) is 1.44. The quantitative estimate of drug-likeness (QED) is 0.624. The molecule has 1 aromatic heterocycles. The van der Waals surface area contributed by atoms with Crippen LogP contribution in [0.4, 0.5) is 11.5 Å². The van der Waals surface area contributed by atoms with E-state index in [0.717, 1.165) is 18.7 Å². The standard InChI is InChI=1S/C20H26ClN5O3S2/c21-17-7-6-16(31(27,28)25-10-12-29-13-11-25)14-18(17)23-20(30)24-19-8-9-22-26(19)15-4-2-1-3-5-15/h6-9,14-15H,1-5,10-13H2,(H2,23,24,30). The third kappa shape index (κ3) is 5.20. The van der Waals surface area contributed by atoms with Crippen LogP contribution in [0.1, 0.15) is 38.1 Å². The normalized spacial score (nSPS) is 18.6. The fraction of sp³-hybridized carbons (Fsp3) is 0.500. The van der Waals surface area contributed by atoms with E-state index < -0.39 is 10.0 Å². The number of sulfonamides is 1. The Kier molecular flexibility index (Phi) is 7.12. The first-order chi connectivity index (χ1) is 14.9. The van der Waals surface area contributed by atoms with Gasteiger partial charge in [-0.2, -0.15) is 9.40 Å². The molecule has 1 aromatic carbocycles. The summed E-state index contributed by atoms with van der Waals surface area (Å²) in [4.78, 5) is 0.163. The van der Waals surface area contributed by atoms with Crippen molar-refractivity contribution in [1.29, 1.82) is 0 Å². The van der Waals surface area contributed by atoms with Crippen LogP contribution in [-0.2, 0) is 14.8 Å². The molecule has 0 radical (unpaired) electrons. The molecule has 0 unspecified atom stereocenters. The Bertz CT molecular complexity index is 1030. The first-order valence-corrected chi connectivity index (χ1v) is 12.7. The van der Waals surface area contributed by atoms with Gasteiger partial charge in [0.05, 0.1) is 41.1 Å². The average molecular weight is 484 g/mol. The Morgan fingerprint density at radius 1 is 1.13 bits per heavy atom. The molecule has 0 spiro atoms. The van der Waals surface area contributed by atoms with E-state index in [2.05, 4.69) is 15.7 Å². The Balaban J connectivity index is 1.48. The molecule has 1 aliphatic heterocycles. The minimum absolute atomic E-state index is 0.163. The Morgan fingerprint density at radius 2 is 1.87 bits per heavy atom. The van der Waals surface area contributed by atoms with E-state index in [1.54, 1.807) is 12.3 Å². The summed E-state index contributed by atoms with van der Waals surface area (Å²) < 4.78 is 34.6. The van der Waals surface area contributed by atoms with Gasteiger partial charge < -0.3 is 15.4 Å². The third-order valence-corrected chi connectivity index (χ3v) is 8.05. The van der Waals surface area contributed by atoms with Gasteiger partial charge in [-0.05, 0) is 43.3 Å². The van der Waals surface area contributed by atoms with Crippen molar-refractivity contribution < 1.29 is 13.2 Å². The summed E-state index contributed by atoms with van der Waals surface area (Å²) in [5, 5.41) is 11.4. The van der Waals surface area contributed by atoms with Crippen LogP contribution in [0.2, 0.25) is 5.02 Å². The highest BCUT2D eigenvalue weighted by molar-refractivity contribution is 7.89. The smallest absolute Gasteiger partial charge is 0.243 e. The number of morpholine rings is 1. The van der Waals surface area contributed by atoms with E-state index in [1.165, 1.54) is 35.7 Å². The summed E-state index contributed by atoms with van der Waals surface area (Å²) in [6, 6.07) is 6.82. The molecule has 2 fully saturated rings. The van der Waals surface area contributed by atoms with E-state index >= 15 is 0 Å². The van der Waals surface area contributed by atoms with E-state index in [1.807, 2.05) is 10.7 Å². The molecule has 31 heavy (non-hydrogen) atoms. The van der Waals surface area contributed by atoms with Crippen molar-refractivity contribution in [3.8, 4) is 0 Å². The van der Waals surface area contributed by atoms with E-state index in [-0.39, 0.29) is 4.90 Å². The maximum atomic E-state index is 13.0. The maximum absolute atomic E-state index is 13.0. The molecule has 2 aromatic rings. The fourth-order valence-electron chi connectivity index (χ4n) is 4.00. The molecule has 11 heteroatoms. The van der Waals surface area contributed by atoms with Gasteiger partial charge in [0, 0.05) is 19.2 Å².